The topological polar surface area (TPSA) is 45.8 Å². The van der Waals surface area contributed by atoms with Gasteiger partial charge >= 0.3 is 0 Å². The summed E-state index contributed by atoms with van der Waals surface area (Å²) in [5.74, 6) is 0. The van der Waals surface area contributed by atoms with Gasteiger partial charge in [0.2, 0.25) is 0 Å². The number of hydrogen-bond donors (Lipinski definition) is 1. The molecule has 60 valence electrons. The summed E-state index contributed by atoms with van der Waals surface area (Å²) < 4.78 is 0. The Morgan fingerprint density at radius 2 is 2.50 bits per heavy atom. The quantitative estimate of drug-likeness (QED) is 0.663. The maximum atomic E-state index is 11.2. The van der Waals surface area contributed by atoms with Crippen molar-refractivity contribution in [2.45, 2.75) is 6.42 Å². The Morgan fingerprint density at radius 1 is 1.67 bits per heavy atom. The molecule has 1 aliphatic carbocycles. The molecule has 0 unspecified atom stereocenters. The molecule has 1 aromatic rings. The molecule has 0 fully saturated rings. The standard InChI is InChI=1S/C9H8N2O/c1-2-6-3-4-7-8(6)10-5-11-9(7)12/h2-3,5H,1,4H2,(H,10,11,12). The number of H-pyrrole nitrogens is 1. The van der Waals surface area contributed by atoms with Gasteiger partial charge in [-0.05, 0) is 12.0 Å². The molecule has 12 heavy (non-hydrogen) atoms. The first-order valence-electron chi connectivity index (χ1n) is 3.72. The highest BCUT2D eigenvalue weighted by atomic mass is 16.1. The van der Waals surface area contributed by atoms with Gasteiger partial charge in [0.1, 0.15) is 0 Å². The van der Waals surface area contributed by atoms with Crippen molar-refractivity contribution in [2.75, 3.05) is 0 Å². The van der Waals surface area contributed by atoms with E-state index in [-0.39, 0.29) is 5.56 Å². The molecule has 0 bridgehead atoms. The van der Waals surface area contributed by atoms with Gasteiger partial charge in [0.05, 0.1) is 12.0 Å². The number of nitrogens with zero attached hydrogens (tertiary/aromatic N) is 1. The van der Waals surface area contributed by atoms with Crippen molar-refractivity contribution in [2.24, 2.45) is 0 Å². The fraction of sp³-hybridized carbons (Fsp3) is 0.111. The van der Waals surface area contributed by atoms with Crippen LogP contribution in [0.1, 0.15) is 11.3 Å². The van der Waals surface area contributed by atoms with E-state index in [0.717, 1.165) is 16.8 Å². The van der Waals surface area contributed by atoms with Crippen LogP contribution in [0, 0.1) is 0 Å². The third-order valence-electron chi connectivity index (χ3n) is 1.97. The molecule has 2 rings (SSSR count). The Kier molecular flexibility index (Phi) is 1.43. The highest BCUT2D eigenvalue weighted by Crippen LogP contribution is 2.22. The highest BCUT2D eigenvalue weighted by Gasteiger charge is 2.15. The molecular weight excluding hydrogens is 152 g/mol. The van der Waals surface area contributed by atoms with E-state index >= 15 is 0 Å². The Bertz CT molecular complexity index is 415. The van der Waals surface area contributed by atoms with Gasteiger partial charge in [-0.15, -0.1) is 0 Å². The van der Waals surface area contributed by atoms with E-state index in [0.29, 0.717) is 6.42 Å². The fourth-order valence-electron chi connectivity index (χ4n) is 1.35. The number of rotatable bonds is 1. The maximum absolute atomic E-state index is 11.2. The SMILES string of the molecule is C=CC1=CCc2c1nc[nH]c2=O. The van der Waals surface area contributed by atoms with E-state index in [4.69, 9.17) is 0 Å². The van der Waals surface area contributed by atoms with Crippen LogP contribution in [0.2, 0.25) is 0 Å². The normalized spacial score (nSPS) is 13.8. The minimum absolute atomic E-state index is 0.0481. The van der Waals surface area contributed by atoms with Crippen LogP contribution in [0.15, 0.2) is 29.9 Å². The van der Waals surface area contributed by atoms with Crippen LogP contribution in [0.3, 0.4) is 0 Å². The summed E-state index contributed by atoms with van der Waals surface area (Å²) in [6.45, 7) is 3.65. The van der Waals surface area contributed by atoms with Crippen LogP contribution in [-0.2, 0) is 6.42 Å². The number of aromatic nitrogens is 2. The predicted octanol–water partition coefficient (Wildman–Crippen LogP) is 0.895. The maximum Gasteiger partial charge on any atom is 0.254 e. The minimum Gasteiger partial charge on any atom is -0.313 e. The molecule has 1 aromatic heterocycles. The largest absolute Gasteiger partial charge is 0.313 e. The van der Waals surface area contributed by atoms with Crippen LogP contribution < -0.4 is 5.56 Å². The zero-order chi connectivity index (χ0) is 8.55. The third-order valence-corrected chi connectivity index (χ3v) is 1.97. The average Bonchev–Trinajstić information content (AvgIpc) is 2.49. The number of hydrogen-bond acceptors (Lipinski definition) is 2. The van der Waals surface area contributed by atoms with Gasteiger partial charge in [-0.3, -0.25) is 4.79 Å². The van der Waals surface area contributed by atoms with Crippen molar-refractivity contribution in [1.29, 1.82) is 0 Å². The Morgan fingerprint density at radius 3 is 3.25 bits per heavy atom. The Hall–Kier alpha value is -1.64. The highest BCUT2D eigenvalue weighted by molar-refractivity contribution is 5.76. The van der Waals surface area contributed by atoms with Crippen molar-refractivity contribution in [3.63, 3.8) is 0 Å². The minimum atomic E-state index is -0.0481. The van der Waals surface area contributed by atoms with Gasteiger partial charge in [-0.25, -0.2) is 4.98 Å². The van der Waals surface area contributed by atoms with Gasteiger partial charge in [0.25, 0.3) is 5.56 Å². The van der Waals surface area contributed by atoms with Gasteiger partial charge in [-0.1, -0.05) is 18.7 Å². The van der Waals surface area contributed by atoms with Crippen molar-refractivity contribution >= 4 is 5.57 Å². The lowest BCUT2D eigenvalue weighted by atomic mass is 10.2. The molecule has 0 atom stereocenters. The molecule has 0 amide bonds. The third kappa shape index (κ3) is 0.830. The number of nitrogens with one attached hydrogen (secondary N) is 1. The summed E-state index contributed by atoms with van der Waals surface area (Å²) >= 11 is 0. The first kappa shape index (κ1) is 7.03. The van der Waals surface area contributed by atoms with E-state index in [1.54, 1.807) is 6.08 Å². The monoisotopic (exact) mass is 160 g/mol. The second-order valence-electron chi connectivity index (χ2n) is 2.63. The van der Waals surface area contributed by atoms with Crippen molar-refractivity contribution < 1.29 is 0 Å². The molecule has 0 aliphatic heterocycles. The predicted molar refractivity (Wildman–Crippen MR) is 46.7 cm³/mol. The van der Waals surface area contributed by atoms with Crippen molar-refractivity contribution in [1.82, 2.24) is 9.97 Å². The van der Waals surface area contributed by atoms with Gasteiger partial charge in [0.15, 0.2) is 0 Å². The fourth-order valence-corrected chi connectivity index (χ4v) is 1.35. The van der Waals surface area contributed by atoms with Crippen LogP contribution in [-0.4, -0.2) is 9.97 Å². The summed E-state index contributed by atoms with van der Waals surface area (Å²) in [6.07, 6.45) is 5.77. The first-order valence-corrected chi connectivity index (χ1v) is 3.72. The van der Waals surface area contributed by atoms with Gasteiger partial charge in [-0.2, -0.15) is 0 Å². The Labute approximate surface area is 69.5 Å². The lowest BCUT2D eigenvalue weighted by Gasteiger charge is -1.96. The molecule has 3 heteroatoms. The molecule has 0 spiro atoms. The van der Waals surface area contributed by atoms with Gasteiger partial charge < -0.3 is 4.98 Å². The molecule has 1 heterocycles. The molecule has 0 aromatic carbocycles. The summed E-state index contributed by atoms with van der Waals surface area (Å²) in [5.41, 5.74) is 2.42. The molecular formula is C9H8N2O. The van der Waals surface area contributed by atoms with E-state index in [9.17, 15) is 4.79 Å². The molecule has 1 aliphatic rings. The second-order valence-corrected chi connectivity index (χ2v) is 2.63. The van der Waals surface area contributed by atoms with E-state index in [2.05, 4.69) is 16.5 Å². The van der Waals surface area contributed by atoms with Crippen molar-refractivity contribution in [3.8, 4) is 0 Å². The van der Waals surface area contributed by atoms with Crippen LogP contribution in [0.5, 0.6) is 0 Å². The second kappa shape index (κ2) is 2.44. The number of aromatic amines is 1. The zero-order valence-electron chi connectivity index (χ0n) is 6.50. The number of fused-ring (bicyclic) bond motifs is 1. The van der Waals surface area contributed by atoms with E-state index in [1.165, 1.54) is 6.33 Å². The molecule has 0 radical (unpaired) electrons. The Balaban J connectivity index is 2.68. The van der Waals surface area contributed by atoms with E-state index < -0.39 is 0 Å². The van der Waals surface area contributed by atoms with E-state index in [1.807, 2.05) is 6.08 Å². The van der Waals surface area contributed by atoms with Crippen LogP contribution in [0.4, 0.5) is 0 Å². The number of allylic oxidation sites excluding steroid dienone is 3. The van der Waals surface area contributed by atoms with Crippen molar-refractivity contribution in [3.05, 3.63) is 46.7 Å². The van der Waals surface area contributed by atoms with Crippen LogP contribution >= 0.6 is 0 Å². The lowest BCUT2D eigenvalue weighted by molar-refractivity contribution is 1.05. The summed E-state index contributed by atoms with van der Waals surface area (Å²) in [6, 6.07) is 0. The summed E-state index contributed by atoms with van der Waals surface area (Å²) in [4.78, 5) is 17.8. The molecule has 1 N–H and O–H groups in total. The van der Waals surface area contributed by atoms with Gasteiger partial charge in [0, 0.05) is 5.56 Å². The average molecular weight is 160 g/mol. The molecule has 0 saturated carbocycles. The molecule has 3 nitrogen and oxygen atoms in total. The summed E-state index contributed by atoms with van der Waals surface area (Å²) in [5, 5.41) is 0. The molecule has 0 saturated heterocycles. The van der Waals surface area contributed by atoms with Crippen LogP contribution in [0.25, 0.3) is 5.57 Å². The first-order chi connectivity index (χ1) is 5.83. The summed E-state index contributed by atoms with van der Waals surface area (Å²) in [7, 11) is 0. The zero-order valence-corrected chi connectivity index (χ0v) is 6.50. The lowest BCUT2D eigenvalue weighted by Crippen LogP contribution is -2.12. The smallest absolute Gasteiger partial charge is 0.254 e.